The van der Waals surface area contributed by atoms with Crippen LogP contribution in [0, 0.1) is 0 Å². The zero-order valence-corrected chi connectivity index (χ0v) is 12.2. The Morgan fingerprint density at radius 3 is 2.76 bits per heavy atom. The third kappa shape index (κ3) is 2.21. The van der Waals surface area contributed by atoms with Crippen LogP contribution in [0.15, 0.2) is 42.7 Å². The van der Waals surface area contributed by atoms with Crippen molar-refractivity contribution in [3.8, 4) is 10.6 Å². The van der Waals surface area contributed by atoms with Gasteiger partial charge in [-0.2, -0.15) is 14.7 Å². The van der Waals surface area contributed by atoms with Gasteiger partial charge in [-0.3, -0.25) is 4.68 Å². The molecule has 7 heteroatoms. The molecule has 0 spiro atoms. The van der Waals surface area contributed by atoms with Crippen LogP contribution < -0.4 is 0 Å². The Morgan fingerprint density at radius 2 is 2.00 bits per heavy atom. The molecule has 21 heavy (non-hydrogen) atoms. The number of benzene rings is 1. The summed E-state index contributed by atoms with van der Waals surface area (Å²) >= 11 is 1.52. The van der Waals surface area contributed by atoms with Crippen molar-refractivity contribution in [3.63, 3.8) is 0 Å². The van der Waals surface area contributed by atoms with E-state index in [9.17, 15) is 0 Å². The molecule has 0 aliphatic heterocycles. The van der Waals surface area contributed by atoms with Gasteiger partial charge in [-0.05, 0) is 5.56 Å². The van der Waals surface area contributed by atoms with E-state index in [-0.39, 0.29) is 0 Å². The van der Waals surface area contributed by atoms with Gasteiger partial charge in [-0.25, -0.2) is 0 Å². The van der Waals surface area contributed by atoms with Gasteiger partial charge in [0.2, 0.25) is 4.96 Å². The molecule has 0 saturated carbocycles. The minimum atomic E-state index is 0.720. The lowest BCUT2D eigenvalue weighted by Crippen LogP contribution is -1.97. The highest BCUT2D eigenvalue weighted by atomic mass is 32.1. The van der Waals surface area contributed by atoms with Gasteiger partial charge in [0.1, 0.15) is 0 Å². The molecule has 3 heterocycles. The number of hydrogen-bond donors (Lipinski definition) is 0. The standard InChI is InChI=1S/C14H12N6S/c1-19-9-11(8-15-19)13-18-20-12(16-17-14(20)21-13)7-10-5-3-2-4-6-10/h2-6,8-9H,7H2,1H3. The molecule has 0 N–H and O–H groups in total. The maximum atomic E-state index is 4.61. The van der Waals surface area contributed by atoms with Gasteiger partial charge in [0.05, 0.1) is 11.8 Å². The summed E-state index contributed by atoms with van der Waals surface area (Å²) in [5.41, 5.74) is 2.20. The molecule has 3 aromatic heterocycles. The minimum absolute atomic E-state index is 0.720. The summed E-state index contributed by atoms with van der Waals surface area (Å²) in [6.07, 6.45) is 4.48. The molecule has 6 nitrogen and oxygen atoms in total. The van der Waals surface area contributed by atoms with Crippen LogP contribution in [-0.4, -0.2) is 29.6 Å². The van der Waals surface area contributed by atoms with Crippen molar-refractivity contribution in [2.24, 2.45) is 7.05 Å². The Bertz CT molecular complexity index is 889. The van der Waals surface area contributed by atoms with Crippen molar-refractivity contribution in [1.29, 1.82) is 0 Å². The van der Waals surface area contributed by atoms with Crippen molar-refractivity contribution < 1.29 is 0 Å². The van der Waals surface area contributed by atoms with E-state index in [0.29, 0.717) is 0 Å². The normalized spacial score (nSPS) is 11.3. The van der Waals surface area contributed by atoms with E-state index in [1.54, 1.807) is 4.68 Å². The first kappa shape index (κ1) is 12.2. The van der Waals surface area contributed by atoms with E-state index in [0.717, 1.165) is 27.8 Å². The highest BCUT2D eigenvalue weighted by Crippen LogP contribution is 2.25. The van der Waals surface area contributed by atoms with Gasteiger partial charge >= 0.3 is 0 Å². The van der Waals surface area contributed by atoms with Crippen LogP contribution >= 0.6 is 11.3 Å². The van der Waals surface area contributed by atoms with E-state index < -0.39 is 0 Å². The van der Waals surface area contributed by atoms with Crippen LogP contribution in [-0.2, 0) is 13.5 Å². The molecule has 104 valence electrons. The highest BCUT2D eigenvalue weighted by molar-refractivity contribution is 7.19. The van der Waals surface area contributed by atoms with Crippen LogP contribution in [0.3, 0.4) is 0 Å². The second-order valence-electron chi connectivity index (χ2n) is 4.78. The number of nitrogens with zero attached hydrogens (tertiary/aromatic N) is 6. The molecule has 0 unspecified atom stereocenters. The Kier molecular flexibility index (Phi) is 2.78. The monoisotopic (exact) mass is 296 g/mol. The van der Waals surface area contributed by atoms with E-state index in [4.69, 9.17) is 0 Å². The lowest BCUT2D eigenvalue weighted by Gasteiger charge is -1.97. The molecular weight excluding hydrogens is 284 g/mol. The topological polar surface area (TPSA) is 60.9 Å². The van der Waals surface area contributed by atoms with Crippen molar-refractivity contribution in [1.82, 2.24) is 29.6 Å². The molecule has 1 aromatic carbocycles. The molecule has 0 bridgehead atoms. The largest absolute Gasteiger partial charge is 0.275 e. The molecule has 4 aromatic rings. The maximum Gasteiger partial charge on any atom is 0.234 e. The van der Waals surface area contributed by atoms with Crippen LogP contribution in [0.5, 0.6) is 0 Å². The lowest BCUT2D eigenvalue weighted by atomic mass is 10.1. The second-order valence-corrected chi connectivity index (χ2v) is 5.74. The van der Waals surface area contributed by atoms with Gasteiger partial charge in [0.15, 0.2) is 10.8 Å². The zero-order valence-electron chi connectivity index (χ0n) is 11.3. The summed E-state index contributed by atoms with van der Waals surface area (Å²) in [4.78, 5) is 0.805. The van der Waals surface area contributed by atoms with Crippen LogP contribution in [0.25, 0.3) is 15.5 Å². The predicted octanol–water partition coefficient (Wildman–Crippen LogP) is 2.18. The van der Waals surface area contributed by atoms with Crippen LogP contribution in [0.2, 0.25) is 0 Å². The number of hydrogen-bond acceptors (Lipinski definition) is 5. The van der Waals surface area contributed by atoms with Crippen LogP contribution in [0.4, 0.5) is 0 Å². The molecular formula is C14H12N6S. The number of rotatable bonds is 3. The summed E-state index contributed by atoms with van der Waals surface area (Å²) in [6.45, 7) is 0. The number of aryl methyl sites for hydroxylation is 1. The molecule has 0 atom stereocenters. The van der Waals surface area contributed by atoms with Crippen molar-refractivity contribution in [3.05, 3.63) is 54.1 Å². The molecule has 0 fully saturated rings. The molecule has 4 rings (SSSR count). The van der Waals surface area contributed by atoms with E-state index in [2.05, 4.69) is 32.5 Å². The van der Waals surface area contributed by atoms with Gasteiger partial charge in [0, 0.05) is 19.7 Å². The molecule has 0 radical (unpaired) electrons. The quantitative estimate of drug-likeness (QED) is 0.581. The third-order valence-electron chi connectivity index (χ3n) is 3.21. The minimum Gasteiger partial charge on any atom is -0.275 e. The zero-order chi connectivity index (χ0) is 14.2. The predicted molar refractivity (Wildman–Crippen MR) is 80.1 cm³/mol. The Hall–Kier alpha value is -2.54. The summed E-state index contributed by atoms with van der Waals surface area (Å²) in [7, 11) is 1.89. The summed E-state index contributed by atoms with van der Waals surface area (Å²) in [5, 5.41) is 18.1. The Labute approximate surface area is 124 Å². The first-order valence-electron chi connectivity index (χ1n) is 6.54. The SMILES string of the molecule is Cn1cc(-c2nn3c(Cc4ccccc4)nnc3s2)cn1. The summed E-state index contributed by atoms with van der Waals surface area (Å²) in [5.74, 6) is 0.850. The van der Waals surface area contributed by atoms with Gasteiger partial charge in [-0.15, -0.1) is 10.2 Å². The maximum absolute atomic E-state index is 4.61. The van der Waals surface area contributed by atoms with E-state index in [1.165, 1.54) is 16.9 Å². The average Bonchev–Trinajstić information content (AvgIpc) is 3.17. The fraction of sp³-hybridized carbons (Fsp3) is 0.143. The first-order valence-corrected chi connectivity index (χ1v) is 7.35. The Morgan fingerprint density at radius 1 is 1.14 bits per heavy atom. The van der Waals surface area contributed by atoms with Gasteiger partial charge in [-0.1, -0.05) is 41.7 Å². The fourth-order valence-corrected chi connectivity index (χ4v) is 3.03. The van der Waals surface area contributed by atoms with Crippen LogP contribution in [0.1, 0.15) is 11.4 Å². The second kappa shape index (κ2) is 4.78. The first-order chi connectivity index (χ1) is 10.3. The van der Waals surface area contributed by atoms with Gasteiger partial charge in [0.25, 0.3) is 0 Å². The van der Waals surface area contributed by atoms with Gasteiger partial charge < -0.3 is 0 Å². The Balaban J connectivity index is 1.73. The molecule has 0 saturated heterocycles. The molecule has 0 aliphatic carbocycles. The summed E-state index contributed by atoms with van der Waals surface area (Å²) < 4.78 is 3.59. The number of fused-ring (bicyclic) bond motifs is 1. The highest BCUT2D eigenvalue weighted by Gasteiger charge is 2.14. The third-order valence-corrected chi connectivity index (χ3v) is 4.16. The average molecular weight is 296 g/mol. The lowest BCUT2D eigenvalue weighted by molar-refractivity contribution is 0.768. The summed E-state index contributed by atoms with van der Waals surface area (Å²) in [6, 6.07) is 10.2. The van der Waals surface area contributed by atoms with E-state index in [1.807, 2.05) is 42.2 Å². The smallest absolute Gasteiger partial charge is 0.234 e. The van der Waals surface area contributed by atoms with Crippen molar-refractivity contribution >= 4 is 16.3 Å². The fourth-order valence-electron chi connectivity index (χ4n) is 2.19. The molecule has 0 amide bonds. The van der Waals surface area contributed by atoms with Crippen molar-refractivity contribution in [2.45, 2.75) is 6.42 Å². The number of aromatic nitrogens is 6. The molecule has 0 aliphatic rings. The van der Waals surface area contributed by atoms with E-state index >= 15 is 0 Å². The van der Waals surface area contributed by atoms with Crippen molar-refractivity contribution in [2.75, 3.05) is 0 Å².